The number of carbonyl (C=O) groups excluding carboxylic acids is 1. The van der Waals surface area contributed by atoms with Gasteiger partial charge in [0.15, 0.2) is 5.92 Å². The van der Waals surface area contributed by atoms with Crippen LogP contribution < -0.4 is 10.1 Å². The Morgan fingerprint density at radius 3 is 2.15 bits per heavy atom. The summed E-state index contributed by atoms with van der Waals surface area (Å²) in [5.41, 5.74) is -0.271. The molecule has 1 aromatic carbocycles. The Morgan fingerprint density at radius 1 is 1.00 bits per heavy atom. The third-order valence-electron chi connectivity index (χ3n) is 7.29. The number of morpholine rings is 1. The van der Waals surface area contributed by atoms with Crippen molar-refractivity contribution in [2.24, 2.45) is 17.8 Å². The second-order valence-electron chi connectivity index (χ2n) is 9.87. The van der Waals surface area contributed by atoms with Crippen molar-refractivity contribution in [3.8, 4) is 5.75 Å². The molecule has 0 spiro atoms. The van der Waals surface area contributed by atoms with Gasteiger partial charge in [-0.15, -0.1) is 13.2 Å². The smallest absolute Gasteiger partial charge is 0.480 e. The van der Waals surface area contributed by atoms with Crippen LogP contribution in [0.4, 0.5) is 39.5 Å². The third kappa shape index (κ3) is 6.57. The molecule has 3 aliphatic heterocycles. The van der Waals surface area contributed by atoms with Gasteiger partial charge in [-0.05, 0) is 23.6 Å². The number of rotatable bonds is 6. The number of carboxylic acid groups (broad SMARTS) is 1. The number of likely N-dealkylation sites (tertiary alicyclic amines) is 1. The number of carboxylic acids is 1. The maximum absolute atomic E-state index is 13.4. The van der Waals surface area contributed by atoms with Crippen molar-refractivity contribution >= 4 is 11.9 Å². The van der Waals surface area contributed by atoms with Crippen LogP contribution in [0.25, 0.3) is 0 Å². The van der Waals surface area contributed by atoms with Crippen molar-refractivity contribution in [3.05, 3.63) is 29.3 Å². The van der Waals surface area contributed by atoms with Gasteiger partial charge in [-0.1, -0.05) is 6.07 Å². The summed E-state index contributed by atoms with van der Waals surface area (Å²) >= 11 is 0. The van der Waals surface area contributed by atoms with Crippen molar-refractivity contribution in [1.82, 2.24) is 15.1 Å². The first kappa shape index (κ1) is 30.2. The zero-order valence-corrected chi connectivity index (χ0v) is 20.4. The van der Waals surface area contributed by atoms with Gasteiger partial charge >= 0.3 is 24.7 Å². The SMILES string of the molecule is O=C(O)C1NC(C(C(F)(F)F)C(F)(F)F)C2CN(Cc3ccc(C(=O)N4CCOCC4)c(OC(F)(F)F)c3)CC12. The molecule has 224 valence electrons. The van der Waals surface area contributed by atoms with Crippen molar-refractivity contribution in [1.29, 1.82) is 0 Å². The van der Waals surface area contributed by atoms with Crippen LogP contribution in [0.15, 0.2) is 18.2 Å². The zero-order chi connectivity index (χ0) is 29.6. The van der Waals surface area contributed by atoms with Gasteiger partial charge in [-0.2, -0.15) is 26.3 Å². The summed E-state index contributed by atoms with van der Waals surface area (Å²) in [5.74, 6) is -9.47. The van der Waals surface area contributed by atoms with E-state index in [1.807, 2.05) is 5.32 Å². The van der Waals surface area contributed by atoms with Crippen LogP contribution in [0.5, 0.6) is 5.75 Å². The summed E-state index contributed by atoms with van der Waals surface area (Å²) in [6.45, 7) is -0.190. The van der Waals surface area contributed by atoms with Crippen LogP contribution in [0.1, 0.15) is 15.9 Å². The van der Waals surface area contributed by atoms with Crippen LogP contribution in [0.2, 0.25) is 0 Å². The number of aliphatic carboxylic acids is 1. The molecule has 0 aromatic heterocycles. The fourth-order valence-corrected chi connectivity index (χ4v) is 5.69. The van der Waals surface area contributed by atoms with E-state index >= 15 is 0 Å². The summed E-state index contributed by atoms with van der Waals surface area (Å²) < 4.78 is 129. The minimum absolute atomic E-state index is 0.123. The highest BCUT2D eigenvalue weighted by Gasteiger charge is 2.66. The molecule has 2 N–H and O–H groups in total. The Bertz CT molecular complexity index is 1090. The number of amides is 1. The van der Waals surface area contributed by atoms with E-state index in [-0.39, 0.29) is 51.5 Å². The molecular formula is C23H24F9N3O5. The molecule has 17 heteroatoms. The van der Waals surface area contributed by atoms with Crippen LogP contribution in [-0.4, -0.2) is 97.0 Å². The minimum atomic E-state index is -5.70. The van der Waals surface area contributed by atoms with Gasteiger partial charge in [0.1, 0.15) is 11.8 Å². The average Bonchev–Trinajstić information content (AvgIpc) is 3.36. The monoisotopic (exact) mass is 593 g/mol. The Hall–Kier alpha value is -2.79. The van der Waals surface area contributed by atoms with E-state index in [0.29, 0.717) is 0 Å². The number of nitrogens with one attached hydrogen (secondary N) is 1. The molecule has 3 saturated heterocycles. The number of hydrogen-bond donors (Lipinski definition) is 2. The Labute approximate surface area is 221 Å². The molecule has 3 fully saturated rings. The lowest BCUT2D eigenvalue weighted by atomic mass is 9.84. The van der Waals surface area contributed by atoms with Crippen molar-refractivity contribution in [2.75, 3.05) is 39.4 Å². The quantitative estimate of drug-likeness (QED) is 0.490. The van der Waals surface area contributed by atoms with E-state index in [4.69, 9.17) is 4.74 Å². The molecule has 40 heavy (non-hydrogen) atoms. The van der Waals surface area contributed by atoms with Gasteiger partial charge in [0.2, 0.25) is 0 Å². The molecule has 3 heterocycles. The highest BCUT2D eigenvalue weighted by molar-refractivity contribution is 5.97. The molecule has 0 saturated carbocycles. The molecule has 4 unspecified atom stereocenters. The molecule has 4 rings (SSSR count). The Morgan fingerprint density at radius 2 is 1.60 bits per heavy atom. The van der Waals surface area contributed by atoms with Gasteiger partial charge in [-0.25, -0.2) is 0 Å². The lowest BCUT2D eigenvalue weighted by molar-refractivity contribution is -0.293. The second kappa shape index (κ2) is 10.9. The molecule has 4 atom stereocenters. The highest BCUT2D eigenvalue weighted by Crippen LogP contribution is 2.48. The van der Waals surface area contributed by atoms with Crippen molar-refractivity contribution < 1.29 is 63.7 Å². The van der Waals surface area contributed by atoms with Gasteiger partial charge in [0.25, 0.3) is 5.91 Å². The summed E-state index contributed by atoms with van der Waals surface area (Å²) in [7, 11) is 0. The van der Waals surface area contributed by atoms with E-state index < -0.39 is 71.7 Å². The predicted molar refractivity (Wildman–Crippen MR) is 116 cm³/mol. The van der Waals surface area contributed by atoms with Crippen LogP contribution >= 0.6 is 0 Å². The van der Waals surface area contributed by atoms with E-state index in [9.17, 15) is 54.2 Å². The second-order valence-corrected chi connectivity index (χ2v) is 9.87. The van der Waals surface area contributed by atoms with E-state index in [1.165, 1.54) is 15.9 Å². The summed E-state index contributed by atoms with van der Waals surface area (Å²) in [4.78, 5) is 27.2. The largest absolute Gasteiger partial charge is 0.573 e. The summed E-state index contributed by atoms with van der Waals surface area (Å²) in [6, 6.07) is -0.644. The van der Waals surface area contributed by atoms with Gasteiger partial charge < -0.3 is 24.8 Å². The first-order valence-corrected chi connectivity index (χ1v) is 12.1. The number of fused-ring (bicyclic) bond motifs is 1. The Balaban J connectivity index is 1.58. The summed E-state index contributed by atoms with van der Waals surface area (Å²) in [5, 5.41) is 11.5. The maximum Gasteiger partial charge on any atom is 0.573 e. The molecule has 8 nitrogen and oxygen atoms in total. The zero-order valence-electron chi connectivity index (χ0n) is 20.4. The predicted octanol–water partition coefficient (Wildman–Crippen LogP) is 3.27. The molecule has 1 aromatic rings. The number of carbonyl (C=O) groups is 2. The lowest BCUT2D eigenvalue weighted by Crippen LogP contribution is -2.53. The molecule has 1 amide bonds. The molecule has 3 aliphatic rings. The standard InChI is InChI=1S/C23H24F9N3O5/c24-21(25,26)18(22(27,28)29)16-13-9-34(10-14(13)17(33-16)20(37)38)8-11-1-2-12(15(7-11)40-23(30,31)32)19(36)35-3-5-39-6-4-35/h1-2,7,13-14,16-18,33H,3-6,8-10H2,(H,37,38). The highest BCUT2D eigenvalue weighted by atomic mass is 19.4. The first-order valence-electron chi connectivity index (χ1n) is 12.1. The van der Waals surface area contributed by atoms with Crippen molar-refractivity contribution in [3.63, 3.8) is 0 Å². The fourth-order valence-electron chi connectivity index (χ4n) is 5.69. The number of halogens is 9. The van der Waals surface area contributed by atoms with Crippen LogP contribution in [-0.2, 0) is 16.1 Å². The third-order valence-corrected chi connectivity index (χ3v) is 7.29. The number of nitrogens with zero attached hydrogens (tertiary/aromatic N) is 2. The number of benzene rings is 1. The lowest BCUT2D eigenvalue weighted by Gasteiger charge is -2.32. The van der Waals surface area contributed by atoms with Gasteiger partial charge in [-0.3, -0.25) is 14.5 Å². The van der Waals surface area contributed by atoms with Gasteiger partial charge in [0.05, 0.1) is 18.8 Å². The average molecular weight is 593 g/mol. The van der Waals surface area contributed by atoms with E-state index in [1.54, 1.807) is 0 Å². The van der Waals surface area contributed by atoms with Crippen LogP contribution in [0.3, 0.4) is 0 Å². The van der Waals surface area contributed by atoms with Crippen LogP contribution in [0, 0.1) is 17.8 Å². The van der Waals surface area contributed by atoms with Crippen molar-refractivity contribution in [2.45, 2.75) is 37.3 Å². The number of ether oxygens (including phenoxy) is 2. The fraction of sp³-hybridized carbons (Fsp3) is 0.652. The van der Waals surface area contributed by atoms with Gasteiger partial charge in [0, 0.05) is 44.7 Å². The molecule has 0 aliphatic carbocycles. The molecule has 0 radical (unpaired) electrons. The Kier molecular flexibility index (Phi) is 8.21. The normalized spacial score (nSPS) is 26.3. The topological polar surface area (TPSA) is 91.3 Å². The van der Waals surface area contributed by atoms with E-state index in [0.717, 1.165) is 12.1 Å². The number of alkyl halides is 9. The molecule has 0 bridgehead atoms. The molecular weight excluding hydrogens is 569 g/mol. The first-order chi connectivity index (χ1) is 18.5. The maximum atomic E-state index is 13.4. The summed E-state index contributed by atoms with van der Waals surface area (Å²) in [6.07, 6.45) is -16.6. The van der Waals surface area contributed by atoms with E-state index in [2.05, 4.69) is 4.74 Å². The minimum Gasteiger partial charge on any atom is -0.480 e. The number of hydrogen-bond acceptors (Lipinski definition) is 6.